The van der Waals surface area contributed by atoms with Crippen LogP contribution in [0.1, 0.15) is 20.3 Å². The van der Waals surface area contributed by atoms with E-state index in [1.54, 1.807) is 6.92 Å². The molecule has 0 bridgehead atoms. The molecule has 0 saturated heterocycles. The molecule has 0 aromatic heterocycles. The lowest BCUT2D eigenvalue weighted by atomic mass is 9.89. The fourth-order valence-corrected chi connectivity index (χ4v) is 0.687. The van der Waals surface area contributed by atoms with Gasteiger partial charge in [0.25, 0.3) is 0 Å². The van der Waals surface area contributed by atoms with Crippen LogP contribution in [0.2, 0.25) is 0 Å². The highest BCUT2D eigenvalue weighted by molar-refractivity contribution is 4.95. The van der Waals surface area contributed by atoms with Crippen LogP contribution in [0.3, 0.4) is 0 Å². The van der Waals surface area contributed by atoms with Crippen LogP contribution in [0, 0.1) is 5.92 Å². The van der Waals surface area contributed by atoms with Crippen molar-refractivity contribution in [3.8, 4) is 0 Å². The molecule has 0 rings (SSSR count). The van der Waals surface area contributed by atoms with E-state index >= 15 is 0 Å². The van der Waals surface area contributed by atoms with Crippen LogP contribution in [0.5, 0.6) is 0 Å². The van der Waals surface area contributed by atoms with E-state index in [9.17, 15) is 5.11 Å². The Morgan fingerprint density at radius 1 is 1.70 bits per heavy atom. The number of hydrogen-bond donors (Lipinski definition) is 2. The second-order valence-electron chi connectivity index (χ2n) is 2.84. The Morgan fingerprint density at radius 2 is 2.20 bits per heavy atom. The highest BCUT2D eigenvalue weighted by Crippen LogP contribution is 2.20. The molecule has 0 aromatic rings. The number of rotatable bonds is 4. The first-order valence-electron chi connectivity index (χ1n) is 3.51. The number of aliphatic hydroxyl groups is 2. The van der Waals surface area contributed by atoms with E-state index < -0.39 is 5.60 Å². The van der Waals surface area contributed by atoms with Gasteiger partial charge in [-0.1, -0.05) is 13.0 Å². The molecule has 10 heavy (non-hydrogen) atoms. The first-order chi connectivity index (χ1) is 4.54. The van der Waals surface area contributed by atoms with Gasteiger partial charge in [-0.2, -0.15) is 0 Å². The summed E-state index contributed by atoms with van der Waals surface area (Å²) in [6.45, 7) is 7.20. The van der Waals surface area contributed by atoms with E-state index in [-0.39, 0.29) is 12.5 Å². The van der Waals surface area contributed by atoms with E-state index in [2.05, 4.69) is 6.58 Å². The lowest BCUT2D eigenvalue weighted by molar-refractivity contribution is 0.0423. The van der Waals surface area contributed by atoms with Gasteiger partial charge in [0.1, 0.15) is 0 Å². The largest absolute Gasteiger partial charge is 0.396 e. The van der Waals surface area contributed by atoms with E-state index in [1.807, 2.05) is 6.92 Å². The van der Waals surface area contributed by atoms with Crippen molar-refractivity contribution in [2.24, 2.45) is 5.92 Å². The normalized spacial score (nSPS) is 19.6. The molecule has 2 atom stereocenters. The van der Waals surface area contributed by atoms with E-state index in [1.165, 1.54) is 6.08 Å². The van der Waals surface area contributed by atoms with Gasteiger partial charge in [0, 0.05) is 6.61 Å². The minimum Gasteiger partial charge on any atom is -0.396 e. The molecule has 2 heteroatoms. The molecule has 2 N–H and O–H groups in total. The van der Waals surface area contributed by atoms with Crippen LogP contribution < -0.4 is 0 Å². The fourth-order valence-electron chi connectivity index (χ4n) is 0.687. The van der Waals surface area contributed by atoms with Crippen molar-refractivity contribution < 1.29 is 10.2 Å². The van der Waals surface area contributed by atoms with Crippen LogP contribution in [0.15, 0.2) is 12.7 Å². The maximum atomic E-state index is 9.49. The molecule has 0 aromatic carbocycles. The monoisotopic (exact) mass is 144 g/mol. The van der Waals surface area contributed by atoms with Gasteiger partial charge in [0.15, 0.2) is 0 Å². The van der Waals surface area contributed by atoms with Crippen molar-refractivity contribution in [3.05, 3.63) is 12.7 Å². The molecular weight excluding hydrogens is 128 g/mol. The fraction of sp³-hybridized carbons (Fsp3) is 0.750. The average Bonchev–Trinajstić information content (AvgIpc) is 1.89. The summed E-state index contributed by atoms with van der Waals surface area (Å²) in [4.78, 5) is 0. The molecule has 2 nitrogen and oxygen atoms in total. The quantitative estimate of drug-likeness (QED) is 0.576. The second-order valence-corrected chi connectivity index (χ2v) is 2.84. The van der Waals surface area contributed by atoms with E-state index in [0.29, 0.717) is 6.42 Å². The Balaban J connectivity index is 3.90. The van der Waals surface area contributed by atoms with Gasteiger partial charge in [-0.15, -0.1) is 6.58 Å². The van der Waals surface area contributed by atoms with Gasteiger partial charge in [-0.05, 0) is 19.3 Å². The van der Waals surface area contributed by atoms with Crippen molar-refractivity contribution in [2.75, 3.05) is 6.61 Å². The Hall–Kier alpha value is -0.340. The van der Waals surface area contributed by atoms with Crippen LogP contribution in [-0.4, -0.2) is 22.4 Å². The molecule has 60 valence electrons. The molecule has 0 saturated carbocycles. The minimum absolute atomic E-state index is 0.0648. The summed E-state index contributed by atoms with van der Waals surface area (Å²) < 4.78 is 0. The summed E-state index contributed by atoms with van der Waals surface area (Å²) in [5.41, 5.74) is -0.845. The summed E-state index contributed by atoms with van der Waals surface area (Å²) in [6, 6.07) is 0. The predicted octanol–water partition coefficient (Wildman–Crippen LogP) is 0.942. The zero-order valence-corrected chi connectivity index (χ0v) is 6.67. The maximum Gasteiger partial charge on any atom is 0.0823 e. The van der Waals surface area contributed by atoms with E-state index in [0.717, 1.165) is 0 Å². The highest BCUT2D eigenvalue weighted by Gasteiger charge is 2.23. The maximum absolute atomic E-state index is 9.49. The third-order valence-electron chi connectivity index (χ3n) is 1.97. The van der Waals surface area contributed by atoms with Crippen LogP contribution >= 0.6 is 0 Å². The first kappa shape index (κ1) is 9.66. The molecule has 0 unspecified atom stereocenters. The Kier molecular flexibility index (Phi) is 3.61. The lowest BCUT2D eigenvalue weighted by Crippen LogP contribution is -2.30. The summed E-state index contributed by atoms with van der Waals surface area (Å²) in [7, 11) is 0. The summed E-state index contributed by atoms with van der Waals surface area (Å²) in [5.74, 6) is 0.0648. The molecule has 0 aliphatic heterocycles. The van der Waals surface area contributed by atoms with Crippen molar-refractivity contribution in [3.63, 3.8) is 0 Å². The number of hydrogen-bond acceptors (Lipinski definition) is 2. The smallest absolute Gasteiger partial charge is 0.0823 e. The average molecular weight is 144 g/mol. The standard InChI is InChI=1S/C8H16O2/c1-4-8(3,10)7(2)5-6-9/h4,7,9-10H,1,5-6H2,2-3H3/t7-,8+/m1/s1. The molecule has 0 radical (unpaired) electrons. The second kappa shape index (κ2) is 3.74. The van der Waals surface area contributed by atoms with Crippen molar-refractivity contribution in [1.82, 2.24) is 0 Å². The van der Waals surface area contributed by atoms with Crippen LogP contribution in [0.4, 0.5) is 0 Å². The lowest BCUT2D eigenvalue weighted by Gasteiger charge is -2.25. The number of aliphatic hydroxyl groups excluding tert-OH is 1. The van der Waals surface area contributed by atoms with Crippen molar-refractivity contribution >= 4 is 0 Å². The zero-order valence-electron chi connectivity index (χ0n) is 6.67. The third-order valence-corrected chi connectivity index (χ3v) is 1.97. The predicted molar refractivity (Wildman–Crippen MR) is 41.7 cm³/mol. The zero-order chi connectivity index (χ0) is 8.20. The Labute approximate surface area is 62.2 Å². The molecular formula is C8H16O2. The Morgan fingerprint density at radius 3 is 2.50 bits per heavy atom. The van der Waals surface area contributed by atoms with Gasteiger partial charge >= 0.3 is 0 Å². The molecule has 0 spiro atoms. The topological polar surface area (TPSA) is 40.5 Å². The van der Waals surface area contributed by atoms with Gasteiger partial charge in [-0.3, -0.25) is 0 Å². The Bertz CT molecular complexity index is 108. The van der Waals surface area contributed by atoms with E-state index in [4.69, 9.17) is 5.11 Å². The van der Waals surface area contributed by atoms with Crippen LogP contribution in [-0.2, 0) is 0 Å². The molecule has 0 heterocycles. The molecule has 0 amide bonds. The van der Waals surface area contributed by atoms with Gasteiger partial charge in [0.05, 0.1) is 5.60 Å². The SMILES string of the molecule is C=C[C@](C)(O)[C@H](C)CCO. The molecule has 0 aliphatic rings. The van der Waals surface area contributed by atoms with Crippen molar-refractivity contribution in [1.29, 1.82) is 0 Å². The van der Waals surface area contributed by atoms with Gasteiger partial charge < -0.3 is 10.2 Å². The first-order valence-corrected chi connectivity index (χ1v) is 3.51. The van der Waals surface area contributed by atoms with Gasteiger partial charge in [-0.25, -0.2) is 0 Å². The van der Waals surface area contributed by atoms with Crippen molar-refractivity contribution in [2.45, 2.75) is 25.9 Å². The van der Waals surface area contributed by atoms with Gasteiger partial charge in [0.2, 0.25) is 0 Å². The third kappa shape index (κ3) is 2.50. The van der Waals surface area contributed by atoms with Crippen LogP contribution in [0.25, 0.3) is 0 Å². The highest BCUT2D eigenvalue weighted by atomic mass is 16.3. The summed E-state index contributed by atoms with van der Waals surface area (Å²) >= 11 is 0. The molecule has 0 fully saturated rings. The minimum atomic E-state index is -0.845. The summed E-state index contributed by atoms with van der Waals surface area (Å²) in [6.07, 6.45) is 2.12. The summed E-state index contributed by atoms with van der Waals surface area (Å²) in [5, 5.41) is 18.0. The molecule has 0 aliphatic carbocycles.